The van der Waals surface area contributed by atoms with Crippen LogP contribution in [0.25, 0.3) is 5.57 Å². The van der Waals surface area contributed by atoms with Crippen molar-refractivity contribution in [3.05, 3.63) is 83.4 Å². The van der Waals surface area contributed by atoms with Gasteiger partial charge in [0, 0.05) is 25.2 Å². The van der Waals surface area contributed by atoms with Crippen LogP contribution in [0.5, 0.6) is 11.5 Å². The lowest BCUT2D eigenvalue weighted by Crippen LogP contribution is -2.36. The van der Waals surface area contributed by atoms with Gasteiger partial charge in [-0.25, -0.2) is 0 Å². The molecule has 0 spiro atoms. The standard InChI is InChI=1S/C34H38N4O4/c1-40-33-22-26(4-3-24(33)12-14-35)25-5-10-29-31(21-25)36-30-11-2-23(20-32(30)37-34(29)39)13-17-42-28-8-6-27(7-9-28)38-15-18-41-19-16-38/h2-4,6-9,11,20-22,29H,5,10,12-19,35H2,1H3,(H,37,39). The number of anilines is 2. The third-order valence-electron chi connectivity index (χ3n) is 8.21. The molecule has 3 aromatic carbocycles. The number of hydrogen-bond donors (Lipinski definition) is 2. The number of nitrogens with two attached hydrogens (primary N) is 1. The van der Waals surface area contributed by atoms with E-state index in [0.717, 1.165) is 96.4 Å². The van der Waals surface area contributed by atoms with Gasteiger partial charge in [-0.2, -0.15) is 0 Å². The number of carbonyl (C=O) groups is 1. The molecule has 42 heavy (non-hydrogen) atoms. The maximum absolute atomic E-state index is 13.2. The summed E-state index contributed by atoms with van der Waals surface area (Å²) in [6.45, 7) is 4.48. The van der Waals surface area contributed by atoms with Gasteiger partial charge in [-0.15, -0.1) is 0 Å². The molecule has 1 saturated heterocycles. The van der Waals surface area contributed by atoms with Gasteiger partial charge in [0.25, 0.3) is 0 Å². The molecule has 1 unspecified atom stereocenters. The largest absolute Gasteiger partial charge is 0.496 e. The molecule has 218 valence electrons. The van der Waals surface area contributed by atoms with Crippen LogP contribution in [0.1, 0.15) is 29.5 Å². The number of fused-ring (bicyclic) bond motifs is 2. The Kier molecular flexibility index (Phi) is 8.53. The molecule has 6 rings (SSSR count). The zero-order chi connectivity index (χ0) is 28.9. The summed E-state index contributed by atoms with van der Waals surface area (Å²) >= 11 is 0. The minimum Gasteiger partial charge on any atom is -0.496 e. The maximum atomic E-state index is 13.2. The minimum atomic E-state index is -0.272. The molecule has 3 N–H and O–H groups in total. The van der Waals surface area contributed by atoms with Gasteiger partial charge in [-0.1, -0.05) is 18.2 Å². The highest BCUT2D eigenvalue weighted by atomic mass is 16.5. The van der Waals surface area contributed by atoms with Crippen LogP contribution in [-0.4, -0.2) is 58.2 Å². The van der Waals surface area contributed by atoms with Gasteiger partial charge < -0.3 is 30.2 Å². The SMILES string of the molecule is COc1cc(C2=CC3=Nc4ccc(CCOc5ccc(N6CCOCC6)cc5)cc4NC(=O)C3CC2)ccc1CCN. The van der Waals surface area contributed by atoms with Crippen LogP contribution in [0.2, 0.25) is 0 Å². The Hall–Kier alpha value is -4.14. The number of rotatable bonds is 9. The fourth-order valence-corrected chi connectivity index (χ4v) is 5.87. The molecule has 0 radical (unpaired) electrons. The number of morpholine rings is 1. The molecule has 2 heterocycles. The van der Waals surface area contributed by atoms with Crippen LogP contribution in [0, 0.1) is 5.92 Å². The third kappa shape index (κ3) is 6.20. The third-order valence-corrected chi connectivity index (χ3v) is 8.21. The summed E-state index contributed by atoms with van der Waals surface area (Å²) in [7, 11) is 1.69. The van der Waals surface area contributed by atoms with Crippen LogP contribution in [-0.2, 0) is 22.4 Å². The number of hydrogen-bond acceptors (Lipinski definition) is 7. The van der Waals surface area contributed by atoms with Crippen molar-refractivity contribution < 1.29 is 19.0 Å². The van der Waals surface area contributed by atoms with Gasteiger partial charge in [-0.3, -0.25) is 9.79 Å². The fourth-order valence-electron chi connectivity index (χ4n) is 5.87. The average Bonchev–Trinajstić information content (AvgIpc) is 3.17. The van der Waals surface area contributed by atoms with Crippen molar-refractivity contribution in [1.82, 2.24) is 0 Å². The van der Waals surface area contributed by atoms with E-state index in [-0.39, 0.29) is 11.8 Å². The number of amides is 1. The molecular weight excluding hydrogens is 528 g/mol. The smallest absolute Gasteiger partial charge is 0.233 e. The second-order valence-corrected chi connectivity index (χ2v) is 10.9. The first-order valence-corrected chi connectivity index (χ1v) is 14.8. The summed E-state index contributed by atoms with van der Waals surface area (Å²) in [5, 5.41) is 3.13. The van der Waals surface area contributed by atoms with E-state index in [1.54, 1.807) is 7.11 Å². The predicted molar refractivity (Wildman–Crippen MR) is 167 cm³/mol. The van der Waals surface area contributed by atoms with E-state index >= 15 is 0 Å². The Morgan fingerprint density at radius 3 is 2.67 bits per heavy atom. The summed E-state index contributed by atoms with van der Waals surface area (Å²) in [4.78, 5) is 20.5. The molecule has 8 heteroatoms. The molecule has 3 aliphatic rings. The number of benzene rings is 3. The number of nitrogens with zero attached hydrogens (tertiary/aromatic N) is 2. The highest BCUT2D eigenvalue weighted by Crippen LogP contribution is 2.37. The summed E-state index contributed by atoms with van der Waals surface area (Å²) in [6.07, 6.45) is 5.07. The molecule has 0 saturated carbocycles. The number of allylic oxidation sites excluding steroid dienone is 2. The first kappa shape index (κ1) is 28.0. The lowest BCUT2D eigenvalue weighted by atomic mass is 9.84. The van der Waals surface area contributed by atoms with Gasteiger partial charge in [0.2, 0.25) is 5.91 Å². The van der Waals surface area contributed by atoms with E-state index < -0.39 is 0 Å². The van der Waals surface area contributed by atoms with Crippen molar-refractivity contribution >= 4 is 34.3 Å². The highest BCUT2D eigenvalue weighted by Gasteiger charge is 2.31. The lowest BCUT2D eigenvalue weighted by molar-refractivity contribution is -0.118. The number of aliphatic imine (C=N–C) groups is 1. The quantitative estimate of drug-likeness (QED) is 0.371. The van der Waals surface area contributed by atoms with Crippen LogP contribution in [0.4, 0.5) is 17.1 Å². The van der Waals surface area contributed by atoms with E-state index in [0.29, 0.717) is 19.6 Å². The monoisotopic (exact) mass is 566 g/mol. The van der Waals surface area contributed by atoms with Gasteiger partial charge in [-0.05, 0) is 96.6 Å². The number of carbonyl (C=O) groups excluding carboxylic acids is 1. The van der Waals surface area contributed by atoms with E-state index in [4.69, 9.17) is 24.9 Å². The Morgan fingerprint density at radius 1 is 1.05 bits per heavy atom. The van der Waals surface area contributed by atoms with Gasteiger partial charge >= 0.3 is 0 Å². The van der Waals surface area contributed by atoms with Crippen molar-refractivity contribution in [2.24, 2.45) is 16.6 Å². The Morgan fingerprint density at radius 2 is 1.88 bits per heavy atom. The summed E-state index contributed by atoms with van der Waals surface area (Å²) < 4.78 is 17.1. The molecular formula is C34H38N4O4. The summed E-state index contributed by atoms with van der Waals surface area (Å²) in [5.74, 6) is 1.41. The fraction of sp³-hybridized carbons (Fsp3) is 0.353. The molecule has 0 bridgehead atoms. The molecule has 8 nitrogen and oxygen atoms in total. The topological polar surface area (TPSA) is 98.4 Å². The van der Waals surface area contributed by atoms with E-state index in [1.807, 2.05) is 24.3 Å². The Bertz CT molecular complexity index is 1490. The average molecular weight is 567 g/mol. The van der Waals surface area contributed by atoms with Crippen LogP contribution >= 0.6 is 0 Å². The number of methoxy groups -OCH3 is 1. The van der Waals surface area contributed by atoms with Gasteiger partial charge in [0.1, 0.15) is 11.5 Å². The van der Waals surface area contributed by atoms with Crippen molar-refractivity contribution in [3.8, 4) is 11.5 Å². The normalized spacial score (nSPS) is 18.2. The van der Waals surface area contributed by atoms with Crippen LogP contribution in [0.3, 0.4) is 0 Å². The molecule has 3 aromatic rings. The summed E-state index contributed by atoms with van der Waals surface area (Å²) in [6, 6.07) is 20.6. The first-order valence-electron chi connectivity index (χ1n) is 14.8. The molecule has 0 aromatic heterocycles. The molecule has 1 aliphatic carbocycles. The minimum absolute atomic E-state index is 0.00701. The number of ether oxygens (including phenoxy) is 3. The number of nitrogens with one attached hydrogen (secondary N) is 1. The Labute approximate surface area is 247 Å². The molecule has 2 aliphatic heterocycles. The Balaban J connectivity index is 1.13. The van der Waals surface area contributed by atoms with Gasteiger partial charge in [0.05, 0.1) is 49.9 Å². The molecule has 1 fully saturated rings. The molecule has 1 amide bonds. The van der Waals surface area contributed by atoms with Crippen LogP contribution in [0.15, 0.2) is 71.7 Å². The second-order valence-electron chi connectivity index (χ2n) is 10.9. The molecule has 1 atom stereocenters. The first-order chi connectivity index (χ1) is 20.6. The zero-order valence-corrected chi connectivity index (χ0v) is 24.1. The van der Waals surface area contributed by atoms with E-state index in [9.17, 15) is 4.79 Å². The van der Waals surface area contributed by atoms with Gasteiger partial charge in [0.15, 0.2) is 0 Å². The van der Waals surface area contributed by atoms with E-state index in [2.05, 4.69) is 52.7 Å². The summed E-state index contributed by atoms with van der Waals surface area (Å²) in [5.41, 5.74) is 13.7. The van der Waals surface area contributed by atoms with Crippen molar-refractivity contribution in [2.45, 2.75) is 25.7 Å². The highest BCUT2D eigenvalue weighted by molar-refractivity contribution is 6.19. The zero-order valence-electron chi connectivity index (χ0n) is 24.1. The second kappa shape index (κ2) is 12.8. The maximum Gasteiger partial charge on any atom is 0.233 e. The van der Waals surface area contributed by atoms with E-state index in [1.165, 1.54) is 5.69 Å². The lowest BCUT2D eigenvalue weighted by Gasteiger charge is -2.28. The van der Waals surface area contributed by atoms with Crippen molar-refractivity contribution in [1.29, 1.82) is 0 Å². The van der Waals surface area contributed by atoms with Crippen LogP contribution < -0.4 is 25.4 Å². The van der Waals surface area contributed by atoms with Crippen molar-refractivity contribution in [2.75, 3.05) is 56.8 Å². The predicted octanol–water partition coefficient (Wildman–Crippen LogP) is 5.17. The van der Waals surface area contributed by atoms with Crippen molar-refractivity contribution in [3.63, 3.8) is 0 Å².